The molecule has 2 N–H and O–H groups in total. The van der Waals surface area contributed by atoms with E-state index in [0.29, 0.717) is 0 Å². The van der Waals surface area contributed by atoms with Gasteiger partial charge in [-0.2, -0.15) is 0 Å². The first-order valence-corrected chi connectivity index (χ1v) is 6.23. The van der Waals surface area contributed by atoms with Crippen LogP contribution in [0.5, 0.6) is 0 Å². The van der Waals surface area contributed by atoms with E-state index in [1.807, 2.05) is 0 Å². The molecule has 1 amide bonds. The maximum Gasteiger partial charge on any atom is 0.332 e. The average molecular weight is 243 g/mol. The standard InChI is InChI=1S/C12H21NO4/c1-9(12(15)16)17-8-11(14)13-10-6-4-2-3-5-7-10/h9-10H,2-8H2,1H3,(H,13,14)(H,15,16)/t9-/m1/s1. The monoisotopic (exact) mass is 243 g/mol. The van der Waals surface area contributed by atoms with Crippen LogP contribution in [0.25, 0.3) is 0 Å². The van der Waals surface area contributed by atoms with Gasteiger partial charge in [-0.05, 0) is 19.8 Å². The number of ether oxygens (including phenoxy) is 1. The van der Waals surface area contributed by atoms with Crippen LogP contribution in [0.2, 0.25) is 0 Å². The molecule has 98 valence electrons. The molecule has 0 heterocycles. The number of carbonyl (C=O) groups excluding carboxylic acids is 1. The van der Waals surface area contributed by atoms with Crippen molar-refractivity contribution in [3.8, 4) is 0 Å². The minimum atomic E-state index is -1.05. The summed E-state index contributed by atoms with van der Waals surface area (Å²) < 4.78 is 4.93. The normalized spacial score (nSPS) is 19.4. The van der Waals surface area contributed by atoms with Crippen molar-refractivity contribution in [2.24, 2.45) is 0 Å². The first-order chi connectivity index (χ1) is 8.09. The van der Waals surface area contributed by atoms with Gasteiger partial charge in [-0.25, -0.2) is 4.79 Å². The van der Waals surface area contributed by atoms with Gasteiger partial charge < -0.3 is 15.2 Å². The molecule has 1 aliphatic carbocycles. The first kappa shape index (κ1) is 14.0. The smallest absolute Gasteiger partial charge is 0.332 e. The molecule has 17 heavy (non-hydrogen) atoms. The van der Waals surface area contributed by atoms with Gasteiger partial charge in [0.25, 0.3) is 0 Å². The zero-order valence-electron chi connectivity index (χ0n) is 10.3. The van der Waals surface area contributed by atoms with E-state index in [2.05, 4.69) is 5.32 Å². The Morgan fingerprint density at radius 1 is 1.29 bits per heavy atom. The number of carbonyl (C=O) groups is 2. The quantitative estimate of drug-likeness (QED) is 0.714. The summed E-state index contributed by atoms with van der Waals surface area (Å²) >= 11 is 0. The number of rotatable bonds is 5. The Kier molecular flexibility index (Phi) is 5.97. The number of hydrogen-bond acceptors (Lipinski definition) is 3. The van der Waals surface area contributed by atoms with Gasteiger partial charge in [-0.3, -0.25) is 4.79 Å². The molecule has 1 rings (SSSR count). The third kappa shape index (κ3) is 5.68. The molecular weight excluding hydrogens is 222 g/mol. The van der Waals surface area contributed by atoms with Crippen molar-refractivity contribution >= 4 is 11.9 Å². The number of carboxylic acids is 1. The van der Waals surface area contributed by atoms with Gasteiger partial charge in [0.1, 0.15) is 6.61 Å². The van der Waals surface area contributed by atoms with Crippen LogP contribution in [0.4, 0.5) is 0 Å². The Bertz CT molecular complexity index is 259. The first-order valence-electron chi connectivity index (χ1n) is 6.23. The van der Waals surface area contributed by atoms with Crippen LogP contribution < -0.4 is 5.32 Å². The van der Waals surface area contributed by atoms with Crippen LogP contribution >= 0.6 is 0 Å². The molecule has 0 spiro atoms. The maximum absolute atomic E-state index is 11.5. The summed E-state index contributed by atoms with van der Waals surface area (Å²) in [7, 11) is 0. The third-order valence-electron chi connectivity index (χ3n) is 3.03. The average Bonchev–Trinajstić information content (AvgIpc) is 2.54. The Morgan fingerprint density at radius 3 is 2.41 bits per heavy atom. The topological polar surface area (TPSA) is 75.6 Å². The van der Waals surface area contributed by atoms with Crippen molar-refractivity contribution in [1.82, 2.24) is 5.32 Å². The Labute approximate surface area is 102 Å². The molecule has 0 aliphatic heterocycles. The summed E-state index contributed by atoms with van der Waals surface area (Å²) in [5.41, 5.74) is 0. The van der Waals surface area contributed by atoms with Crippen LogP contribution in [-0.2, 0) is 14.3 Å². The minimum absolute atomic E-state index is 0.177. The second-order valence-electron chi connectivity index (χ2n) is 4.55. The zero-order valence-corrected chi connectivity index (χ0v) is 10.3. The molecule has 0 bridgehead atoms. The summed E-state index contributed by atoms with van der Waals surface area (Å²) in [5.74, 6) is -1.27. The SMILES string of the molecule is C[C@@H](OCC(=O)NC1CCCCCC1)C(=O)O. The predicted molar refractivity (Wildman–Crippen MR) is 62.7 cm³/mol. The number of hydrogen-bond donors (Lipinski definition) is 2. The van der Waals surface area contributed by atoms with Crippen molar-refractivity contribution in [2.75, 3.05) is 6.61 Å². The van der Waals surface area contributed by atoms with Gasteiger partial charge in [-0.15, -0.1) is 0 Å². The third-order valence-corrected chi connectivity index (χ3v) is 3.03. The maximum atomic E-state index is 11.5. The van der Waals surface area contributed by atoms with Crippen LogP contribution in [0.3, 0.4) is 0 Å². The second-order valence-corrected chi connectivity index (χ2v) is 4.55. The largest absolute Gasteiger partial charge is 0.479 e. The molecule has 0 aromatic rings. The molecule has 0 saturated heterocycles. The van der Waals surface area contributed by atoms with Crippen molar-refractivity contribution in [3.05, 3.63) is 0 Å². The lowest BCUT2D eigenvalue weighted by Crippen LogP contribution is -2.38. The van der Waals surface area contributed by atoms with Crippen molar-refractivity contribution in [1.29, 1.82) is 0 Å². The summed E-state index contributed by atoms with van der Waals surface area (Å²) in [6.07, 6.45) is 5.86. The minimum Gasteiger partial charge on any atom is -0.479 e. The fraction of sp³-hybridized carbons (Fsp3) is 0.833. The molecule has 0 radical (unpaired) electrons. The van der Waals surface area contributed by atoms with Crippen molar-refractivity contribution in [2.45, 2.75) is 57.6 Å². The number of carboxylic acid groups (broad SMARTS) is 1. The Balaban J connectivity index is 2.21. The van der Waals surface area contributed by atoms with E-state index in [9.17, 15) is 9.59 Å². The van der Waals surface area contributed by atoms with Crippen LogP contribution in [0.15, 0.2) is 0 Å². The van der Waals surface area contributed by atoms with Gasteiger partial charge >= 0.3 is 5.97 Å². The molecule has 1 saturated carbocycles. The highest BCUT2D eigenvalue weighted by molar-refractivity contribution is 5.78. The van der Waals surface area contributed by atoms with Crippen molar-refractivity contribution in [3.63, 3.8) is 0 Å². The van der Waals surface area contributed by atoms with Crippen LogP contribution in [0, 0.1) is 0 Å². The van der Waals surface area contributed by atoms with E-state index in [1.165, 1.54) is 19.8 Å². The Morgan fingerprint density at radius 2 is 1.88 bits per heavy atom. The summed E-state index contributed by atoms with van der Waals surface area (Å²) in [6.45, 7) is 1.24. The number of amides is 1. The highest BCUT2D eigenvalue weighted by Crippen LogP contribution is 2.16. The van der Waals surface area contributed by atoms with E-state index in [1.54, 1.807) is 0 Å². The van der Waals surface area contributed by atoms with Crippen molar-refractivity contribution < 1.29 is 19.4 Å². The zero-order chi connectivity index (χ0) is 12.7. The van der Waals surface area contributed by atoms with E-state index in [0.717, 1.165) is 25.7 Å². The summed E-state index contributed by atoms with van der Waals surface area (Å²) in [6, 6.07) is 0.230. The lowest BCUT2D eigenvalue weighted by atomic mass is 10.1. The Hall–Kier alpha value is -1.10. The molecule has 1 aliphatic rings. The second kappa shape index (κ2) is 7.27. The van der Waals surface area contributed by atoms with E-state index >= 15 is 0 Å². The van der Waals surface area contributed by atoms with Gasteiger partial charge in [0.05, 0.1) is 0 Å². The van der Waals surface area contributed by atoms with Gasteiger partial charge in [0.15, 0.2) is 6.10 Å². The lowest BCUT2D eigenvalue weighted by Gasteiger charge is -2.16. The van der Waals surface area contributed by atoms with E-state index in [-0.39, 0.29) is 18.6 Å². The fourth-order valence-electron chi connectivity index (χ4n) is 1.97. The molecule has 0 aromatic heterocycles. The van der Waals surface area contributed by atoms with E-state index < -0.39 is 12.1 Å². The van der Waals surface area contributed by atoms with Crippen LogP contribution in [0.1, 0.15) is 45.4 Å². The van der Waals surface area contributed by atoms with Crippen LogP contribution in [-0.4, -0.2) is 35.7 Å². The summed E-state index contributed by atoms with van der Waals surface area (Å²) in [4.78, 5) is 22.0. The predicted octanol–water partition coefficient (Wildman–Crippen LogP) is 1.32. The lowest BCUT2D eigenvalue weighted by molar-refractivity contribution is -0.150. The number of nitrogens with one attached hydrogen (secondary N) is 1. The molecule has 0 unspecified atom stereocenters. The summed E-state index contributed by atoms with van der Waals surface area (Å²) in [5, 5.41) is 11.5. The fourth-order valence-corrected chi connectivity index (χ4v) is 1.97. The molecule has 5 heteroatoms. The number of aliphatic carboxylic acids is 1. The van der Waals surface area contributed by atoms with E-state index in [4.69, 9.17) is 9.84 Å². The highest BCUT2D eigenvalue weighted by atomic mass is 16.5. The molecule has 1 fully saturated rings. The van der Waals surface area contributed by atoms with Gasteiger partial charge in [0, 0.05) is 6.04 Å². The van der Waals surface area contributed by atoms with Gasteiger partial charge in [0.2, 0.25) is 5.91 Å². The molecule has 5 nitrogen and oxygen atoms in total. The molecule has 0 aromatic carbocycles. The molecule has 1 atom stereocenters. The highest BCUT2D eigenvalue weighted by Gasteiger charge is 2.17. The van der Waals surface area contributed by atoms with Gasteiger partial charge in [-0.1, -0.05) is 25.7 Å². The molecular formula is C12H21NO4.